The maximum absolute atomic E-state index is 5.59. The number of hydrogen-bond donors (Lipinski definition) is 1. The Bertz CT molecular complexity index is 654. The Morgan fingerprint density at radius 1 is 1.27 bits per heavy atom. The van der Waals surface area contributed by atoms with Gasteiger partial charge in [-0.1, -0.05) is 0 Å². The van der Waals surface area contributed by atoms with Crippen molar-refractivity contribution >= 4 is 27.8 Å². The Morgan fingerprint density at radius 2 is 2.13 bits per heavy atom. The molecule has 0 aliphatic carbocycles. The number of aromatic nitrogens is 3. The number of nitrogen functional groups attached to an aromatic ring is 1. The van der Waals surface area contributed by atoms with Gasteiger partial charge in [0.15, 0.2) is 0 Å². The first kappa shape index (κ1) is 8.23. The van der Waals surface area contributed by atoms with Gasteiger partial charge < -0.3 is 10.3 Å². The van der Waals surface area contributed by atoms with E-state index in [4.69, 9.17) is 5.73 Å². The number of anilines is 1. The number of nitrogens with zero attached hydrogens (tertiary/aromatic N) is 3. The average Bonchev–Trinajstić information content (AvgIpc) is 2.61. The zero-order valence-corrected chi connectivity index (χ0v) is 8.31. The first-order chi connectivity index (χ1) is 7.25. The van der Waals surface area contributed by atoms with Gasteiger partial charge in [-0.05, 0) is 18.2 Å². The lowest BCUT2D eigenvalue weighted by molar-refractivity contribution is 0.969. The summed E-state index contributed by atoms with van der Waals surface area (Å²) in [4.78, 5) is 8.25. The van der Waals surface area contributed by atoms with E-state index in [1.54, 1.807) is 6.20 Å². The van der Waals surface area contributed by atoms with Crippen LogP contribution >= 0.6 is 0 Å². The molecule has 0 amide bonds. The van der Waals surface area contributed by atoms with Crippen molar-refractivity contribution in [1.82, 2.24) is 14.5 Å². The molecule has 4 heteroatoms. The SMILES string of the molecule is Cn1ccc2c3nc(N)ncc3ccc21. The second-order valence-corrected chi connectivity index (χ2v) is 3.59. The molecule has 4 nitrogen and oxygen atoms in total. The highest BCUT2D eigenvalue weighted by atomic mass is 15.0. The summed E-state index contributed by atoms with van der Waals surface area (Å²) >= 11 is 0. The van der Waals surface area contributed by atoms with Crippen molar-refractivity contribution in [3.63, 3.8) is 0 Å². The number of nitrogens with two attached hydrogens (primary N) is 1. The predicted molar refractivity (Wildman–Crippen MR) is 60.4 cm³/mol. The van der Waals surface area contributed by atoms with Gasteiger partial charge in [-0.25, -0.2) is 9.97 Å². The molecule has 0 spiro atoms. The van der Waals surface area contributed by atoms with Crippen LogP contribution in [0.15, 0.2) is 30.6 Å². The van der Waals surface area contributed by atoms with Crippen LogP contribution < -0.4 is 5.73 Å². The van der Waals surface area contributed by atoms with Gasteiger partial charge in [-0.15, -0.1) is 0 Å². The van der Waals surface area contributed by atoms with E-state index in [9.17, 15) is 0 Å². The minimum atomic E-state index is 0.318. The second kappa shape index (κ2) is 2.70. The zero-order valence-electron chi connectivity index (χ0n) is 8.31. The van der Waals surface area contributed by atoms with E-state index < -0.39 is 0 Å². The van der Waals surface area contributed by atoms with Crippen LogP contribution in [0.4, 0.5) is 5.95 Å². The first-order valence-corrected chi connectivity index (χ1v) is 4.72. The van der Waals surface area contributed by atoms with E-state index in [1.165, 1.54) is 0 Å². The third-order valence-corrected chi connectivity index (χ3v) is 2.63. The first-order valence-electron chi connectivity index (χ1n) is 4.72. The van der Waals surface area contributed by atoms with Crippen LogP contribution in [0.25, 0.3) is 21.8 Å². The molecule has 0 aliphatic heterocycles. The maximum Gasteiger partial charge on any atom is 0.220 e. The molecule has 0 bridgehead atoms. The molecule has 2 aromatic heterocycles. The fourth-order valence-electron chi connectivity index (χ4n) is 1.86. The fraction of sp³-hybridized carbons (Fsp3) is 0.0909. The number of hydrogen-bond acceptors (Lipinski definition) is 3. The lowest BCUT2D eigenvalue weighted by Gasteiger charge is -2.01. The molecule has 74 valence electrons. The van der Waals surface area contributed by atoms with Crippen LogP contribution in [0, 0.1) is 0 Å². The molecule has 0 saturated heterocycles. The van der Waals surface area contributed by atoms with Crippen LogP contribution in [-0.2, 0) is 7.05 Å². The highest BCUT2D eigenvalue weighted by Gasteiger charge is 2.04. The number of fused-ring (bicyclic) bond motifs is 3. The molecule has 0 unspecified atom stereocenters. The molecule has 1 aromatic carbocycles. The van der Waals surface area contributed by atoms with Gasteiger partial charge in [-0.3, -0.25) is 0 Å². The number of aryl methyl sites for hydroxylation is 1. The van der Waals surface area contributed by atoms with Gasteiger partial charge in [-0.2, -0.15) is 0 Å². The summed E-state index contributed by atoms with van der Waals surface area (Å²) in [5.41, 5.74) is 7.66. The molecule has 0 fully saturated rings. The van der Waals surface area contributed by atoms with Crippen LogP contribution in [-0.4, -0.2) is 14.5 Å². The molecule has 0 radical (unpaired) electrons. The summed E-state index contributed by atoms with van der Waals surface area (Å²) in [5.74, 6) is 0.318. The molecule has 2 heterocycles. The van der Waals surface area contributed by atoms with Gasteiger partial charge in [0.25, 0.3) is 0 Å². The van der Waals surface area contributed by atoms with Gasteiger partial charge in [0.05, 0.1) is 5.52 Å². The minimum Gasteiger partial charge on any atom is -0.368 e. The Morgan fingerprint density at radius 3 is 3.00 bits per heavy atom. The largest absolute Gasteiger partial charge is 0.368 e. The van der Waals surface area contributed by atoms with Crippen LogP contribution in [0.3, 0.4) is 0 Å². The van der Waals surface area contributed by atoms with E-state index in [0.717, 1.165) is 21.8 Å². The Hall–Kier alpha value is -2.10. The van der Waals surface area contributed by atoms with Crippen molar-refractivity contribution in [2.24, 2.45) is 7.05 Å². The summed E-state index contributed by atoms with van der Waals surface area (Å²) in [7, 11) is 2.01. The average molecular weight is 198 g/mol. The van der Waals surface area contributed by atoms with Crippen molar-refractivity contribution in [3.05, 3.63) is 30.6 Å². The van der Waals surface area contributed by atoms with Crippen LogP contribution in [0.2, 0.25) is 0 Å². The molecule has 0 saturated carbocycles. The number of rotatable bonds is 0. The minimum absolute atomic E-state index is 0.318. The highest BCUT2D eigenvalue weighted by Crippen LogP contribution is 2.23. The lowest BCUT2D eigenvalue weighted by atomic mass is 10.2. The van der Waals surface area contributed by atoms with Crippen molar-refractivity contribution in [2.75, 3.05) is 5.73 Å². The van der Waals surface area contributed by atoms with Crippen LogP contribution in [0.1, 0.15) is 0 Å². The molecule has 3 aromatic rings. The maximum atomic E-state index is 5.59. The third kappa shape index (κ3) is 1.08. The third-order valence-electron chi connectivity index (χ3n) is 2.63. The molecular formula is C11H10N4. The molecule has 0 atom stereocenters. The molecular weight excluding hydrogens is 188 g/mol. The Kier molecular flexibility index (Phi) is 1.48. The monoisotopic (exact) mass is 198 g/mol. The summed E-state index contributed by atoms with van der Waals surface area (Å²) in [6, 6.07) is 6.12. The quantitative estimate of drug-likeness (QED) is 0.598. The summed E-state index contributed by atoms with van der Waals surface area (Å²) < 4.78 is 2.06. The Labute approximate surface area is 86.4 Å². The van der Waals surface area contributed by atoms with Crippen molar-refractivity contribution < 1.29 is 0 Å². The predicted octanol–water partition coefficient (Wildman–Crippen LogP) is 1.70. The summed E-state index contributed by atoms with van der Waals surface area (Å²) in [6.07, 6.45) is 3.77. The molecule has 3 rings (SSSR count). The van der Waals surface area contributed by atoms with E-state index in [-0.39, 0.29) is 0 Å². The fourth-order valence-corrected chi connectivity index (χ4v) is 1.86. The molecule has 2 N–H and O–H groups in total. The Balaban J connectivity index is 2.57. The van der Waals surface area contributed by atoms with E-state index in [1.807, 2.05) is 25.4 Å². The summed E-state index contributed by atoms with van der Waals surface area (Å²) in [6.45, 7) is 0. The van der Waals surface area contributed by atoms with Gasteiger partial charge in [0.2, 0.25) is 5.95 Å². The van der Waals surface area contributed by atoms with Gasteiger partial charge >= 0.3 is 0 Å². The van der Waals surface area contributed by atoms with Crippen LogP contribution in [0.5, 0.6) is 0 Å². The van der Waals surface area contributed by atoms with Crippen molar-refractivity contribution in [1.29, 1.82) is 0 Å². The van der Waals surface area contributed by atoms with E-state index in [0.29, 0.717) is 5.95 Å². The van der Waals surface area contributed by atoms with Crippen molar-refractivity contribution in [2.45, 2.75) is 0 Å². The van der Waals surface area contributed by atoms with Gasteiger partial charge in [0.1, 0.15) is 0 Å². The lowest BCUT2D eigenvalue weighted by Crippen LogP contribution is -1.94. The molecule has 0 aliphatic rings. The summed E-state index contributed by atoms with van der Waals surface area (Å²) in [5, 5.41) is 2.13. The van der Waals surface area contributed by atoms with Crippen molar-refractivity contribution in [3.8, 4) is 0 Å². The standard InChI is InChI=1S/C11H10N4/c1-15-5-4-8-9(15)3-2-7-6-13-11(12)14-10(7)8/h2-6H,1H3,(H2,12,13,14). The smallest absolute Gasteiger partial charge is 0.220 e. The van der Waals surface area contributed by atoms with Gasteiger partial charge in [0, 0.05) is 35.7 Å². The molecule has 15 heavy (non-hydrogen) atoms. The van der Waals surface area contributed by atoms with E-state index in [2.05, 4.69) is 20.6 Å². The highest BCUT2D eigenvalue weighted by molar-refractivity contribution is 6.04. The number of benzene rings is 1. The zero-order chi connectivity index (χ0) is 10.4. The normalized spacial score (nSPS) is 11.3. The van der Waals surface area contributed by atoms with E-state index >= 15 is 0 Å². The second-order valence-electron chi connectivity index (χ2n) is 3.59. The topological polar surface area (TPSA) is 56.7 Å².